The standard InChI is InChI=1S/C22H23FN4O3S/c23-18-6-2-1-5-16(18)14-26-8-4-9-27(11-10-26)20(28)13-17-15-31-22(24-17)25-21(29)19-7-3-12-30-19/h1-3,5-7,12,15H,4,8-11,13-14H2,(H,24,25,29). The second-order valence-corrected chi connectivity index (χ2v) is 8.21. The molecule has 1 fully saturated rings. The van der Waals surface area contributed by atoms with Gasteiger partial charge < -0.3 is 9.32 Å². The summed E-state index contributed by atoms with van der Waals surface area (Å²) in [5.41, 5.74) is 1.30. The van der Waals surface area contributed by atoms with E-state index in [1.807, 2.05) is 11.0 Å². The van der Waals surface area contributed by atoms with Crippen molar-refractivity contribution in [3.63, 3.8) is 0 Å². The number of hydrogen-bond donors (Lipinski definition) is 1. The quantitative estimate of drug-likeness (QED) is 0.633. The van der Waals surface area contributed by atoms with E-state index in [9.17, 15) is 14.0 Å². The first kappa shape index (κ1) is 21.2. The van der Waals surface area contributed by atoms with E-state index < -0.39 is 0 Å². The molecule has 0 spiro atoms. The molecule has 0 radical (unpaired) electrons. The molecule has 3 aromatic rings. The number of furan rings is 1. The van der Waals surface area contributed by atoms with Crippen molar-refractivity contribution in [2.75, 3.05) is 31.5 Å². The molecule has 1 aliphatic rings. The van der Waals surface area contributed by atoms with E-state index in [0.29, 0.717) is 42.6 Å². The van der Waals surface area contributed by atoms with Crippen LogP contribution in [0.25, 0.3) is 0 Å². The third kappa shape index (κ3) is 5.56. The molecular formula is C22H23FN4O3S. The SMILES string of the molecule is O=C(Nc1nc(CC(=O)N2CCCN(Cc3ccccc3F)CC2)cs1)c1ccco1. The zero-order valence-corrected chi connectivity index (χ0v) is 17.7. The molecule has 0 saturated carbocycles. The van der Waals surface area contributed by atoms with Crippen LogP contribution in [0.3, 0.4) is 0 Å². The van der Waals surface area contributed by atoms with Crippen LogP contribution in [0.1, 0.15) is 28.2 Å². The summed E-state index contributed by atoms with van der Waals surface area (Å²) in [5.74, 6) is -0.364. The third-order valence-corrected chi connectivity index (χ3v) is 5.95. The number of rotatable bonds is 6. The molecule has 31 heavy (non-hydrogen) atoms. The lowest BCUT2D eigenvalue weighted by atomic mass is 10.2. The van der Waals surface area contributed by atoms with Crippen LogP contribution in [-0.4, -0.2) is 52.8 Å². The Morgan fingerprint density at radius 3 is 2.81 bits per heavy atom. The van der Waals surface area contributed by atoms with Gasteiger partial charge in [-0.1, -0.05) is 18.2 Å². The number of benzene rings is 1. The Balaban J connectivity index is 1.28. The van der Waals surface area contributed by atoms with Gasteiger partial charge in [-0.2, -0.15) is 0 Å². The molecule has 1 aromatic carbocycles. The van der Waals surface area contributed by atoms with E-state index in [0.717, 1.165) is 13.0 Å². The highest BCUT2D eigenvalue weighted by Gasteiger charge is 2.21. The van der Waals surface area contributed by atoms with Crippen LogP contribution < -0.4 is 5.32 Å². The lowest BCUT2D eigenvalue weighted by Crippen LogP contribution is -2.36. The van der Waals surface area contributed by atoms with Gasteiger partial charge in [0.2, 0.25) is 5.91 Å². The van der Waals surface area contributed by atoms with Gasteiger partial charge in [0.25, 0.3) is 5.91 Å². The summed E-state index contributed by atoms with van der Waals surface area (Å²) in [4.78, 5) is 33.2. The average Bonchev–Trinajstić information content (AvgIpc) is 3.39. The smallest absolute Gasteiger partial charge is 0.293 e. The summed E-state index contributed by atoms with van der Waals surface area (Å²) in [7, 11) is 0. The van der Waals surface area contributed by atoms with Crippen LogP contribution in [0.5, 0.6) is 0 Å². The molecular weight excluding hydrogens is 419 g/mol. The number of halogens is 1. The van der Waals surface area contributed by atoms with Crippen molar-refractivity contribution in [1.82, 2.24) is 14.8 Å². The Hall–Kier alpha value is -3.04. The van der Waals surface area contributed by atoms with Crippen molar-refractivity contribution in [2.45, 2.75) is 19.4 Å². The lowest BCUT2D eigenvalue weighted by Gasteiger charge is -2.22. The van der Waals surface area contributed by atoms with E-state index in [4.69, 9.17) is 4.42 Å². The molecule has 1 N–H and O–H groups in total. The topological polar surface area (TPSA) is 78.7 Å². The van der Waals surface area contributed by atoms with Crippen LogP contribution in [-0.2, 0) is 17.8 Å². The van der Waals surface area contributed by atoms with Crippen LogP contribution >= 0.6 is 11.3 Å². The first-order chi connectivity index (χ1) is 15.1. The van der Waals surface area contributed by atoms with Crippen molar-refractivity contribution in [3.8, 4) is 0 Å². The molecule has 1 aliphatic heterocycles. The number of nitrogens with zero attached hydrogens (tertiary/aromatic N) is 3. The Morgan fingerprint density at radius 1 is 1.13 bits per heavy atom. The first-order valence-electron chi connectivity index (χ1n) is 10.1. The highest BCUT2D eigenvalue weighted by molar-refractivity contribution is 7.14. The number of thiazole rings is 1. The summed E-state index contributed by atoms with van der Waals surface area (Å²) in [6.45, 7) is 3.32. The minimum Gasteiger partial charge on any atom is -0.459 e. The molecule has 0 bridgehead atoms. The van der Waals surface area contributed by atoms with Crippen molar-refractivity contribution in [2.24, 2.45) is 0 Å². The summed E-state index contributed by atoms with van der Waals surface area (Å²) >= 11 is 1.27. The van der Waals surface area contributed by atoms with Gasteiger partial charge in [-0.3, -0.25) is 19.8 Å². The molecule has 2 aromatic heterocycles. The van der Waals surface area contributed by atoms with Crippen molar-refractivity contribution >= 4 is 28.3 Å². The van der Waals surface area contributed by atoms with Gasteiger partial charge in [-0.05, 0) is 24.6 Å². The van der Waals surface area contributed by atoms with Gasteiger partial charge in [0.1, 0.15) is 5.82 Å². The molecule has 1 saturated heterocycles. The molecule has 4 rings (SSSR count). The van der Waals surface area contributed by atoms with Crippen molar-refractivity contribution in [1.29, 1.82) is 0 Å². The Kier molecular flexibility index (Phi) is 6.73. The number of nitrogens with one attached hydrogen (secondary N) is 1. The fraction of sp³-hybridized carbons (Fsp3) is 0.318. The Bertz CT molecular complexity index is 1040. The van der Waals surface area contributed by atoms with Gasteiger partial charge >= 0.3 is 0 Å². The Morgan fingerprint density at radius 2 is 2.00 bits per heavy atom. The molecule has 0 atom stereocenters. The van der Waals surface area contributed by atoms with E-state index >= 15 is 0 Å². The number of anilines is 1. The highest BCUT2D eigenvalue weighted by atomic mass is 32.1. The second kappa shape index (κ2) is 9.84. The monoisotopic (exact) mass is 442 g/mol. The summed E-state index contributed by atoms with van der Waals surface area (Å²) in [5, 5.41) is 4.88. The molecule has 9 heteroatoms. The number of carbonyl (C=O) groups excluding carboxylic acids is 2. The first-order valence-corrected chi connectivity index (χ1v) is 11.0. The molecule has 3 heterocycles. The van der Waals surface area contributed by atoms with Gasteiger partial charge in [0, 0.05) is 43.7 Å². The molecule has 0 aliphatic carbocycles. The van der Waals surface area contributed by atoms with E-state index in [2.05, 4.69) is 15.2 Å². The van der Waals surface area contributed by atoms with Gasteiger partial charge in [0.15, 0.2) is 10.9 Å². The zero-order valence-electron chi connectivity index (χ0n) is 16.9. The van der Waals surface area contributed by atoms with Gasteiger partial charge in [-0.25, -0.2) is 9.37 Å². The number of aromatic nitrogens is 1. The summed E-state index contributed by atoms with van der Waals surface area (Å²) < 4.78 is 19.0. The van der Waals surface area contributed by atoms with Crippen LogP contribution in [0.15, 0.2) is 52.5 Å². The average molecular weight is 443 g/mol. The van der Waals surface area contributed by atoms with Gasteiger partial charge in [-0.15, -0.1) is 11.3 Å². The highest BCUT2D eigenvalue weighted by Crippen LogP contribution is 2.18. The zero-order chi connectivity index (χ0) is 21.6. The van der Waals surface area contributed by atoms with Crippen molar-refractivity contribution in [3.05, 3.63) is 70.9 Å². The molecule has 7 nitrogen and oxygen atoms in total. The minimum absolute atomic E-state index is 0.00181. The maximum absolute atomic E-state index is 13.9. The fourth-order valence-electron chi connectivity index (χ4n) is 3.52. The summed E-state index contributed by atoms with van der Waals surface area (Å²) in [6.07, 6.45) is 2.45. The second-order valence-electron chi connectivity index (χ2n) is 7.35. The van der Waals surface area contributed by atoms with Crippen LogP contribution in [0, 0.1) is 5.82 Å². The van der Waals surface area contributed by atoms with E-state index in [1.54, 1.807) is 29.6 Å². The van der Waals surface area contributed by atoms with Crippen LogP contribution in [0.2, 0.25) is 0 Å². The van der Waals surface area contributed by atoms with E-state index in [-0.39, 0.29) is 29.8 Å². The summed E-state index contributed by atoms with van der Waals surface area (Å²) in [6, 6.07) is 10.0. The predicted octanol–water partition coefficient (Wildman–Crippen LogP) is 3.40. The predicted molar refractivity (Wildman–Crippen MR) is 115 cm³/mol. The fourth-order valence-corrected chi connectivity index (χ4v) is 4.23. The maximum atomic E-state index is 13.9. The lowest BCUT2D eigenvalue weighted by molar-refractivity contribution is -0.130. The minimum atomic E-state index is -0.375. The maximum Gasteiger partial charge on any atom is 0.293 e. The van der Waals surface area contributed by atoms with Crippen molar-refractivity contribution < 1.29 is 18.4 Å². The Labute approximate surface area is 183 Å². The van der Waals surface area contributed by atoms with Gasteiger partial charge in [0.05, 0.1) is 18.4 Å². The number of carbonyl (C=O) groups is 2. The van der Waals surface area contributed by atoms with E-state index in [1.165, 1.54) is 23.7 Å². The van der Waals surface area contributed by atoms with Crippen LogP contribution in [0.4, 0.5) is 9.52 Å². The number of amides is 2. The molecule has 2 amide bonds. The largest absolute Gasteiger partial charge is 0.459 e. The molecule has 0 unspecified atom stereocenters. The third-order valence-electron chi connectivity index (χ3n) is 5.14. The normalized spacial score (nSPS) is 14.9. The molecule has 162 valence electrons. The number of hydrogen-bond acceptors (Lipinski definition) is 6.